The van der Waals surface area contributed by atoms with Crippen LogP contribution >= 0.6 is 11.5 Å². The van der Waals surface area contributed by atoms with Crippen molar-refractivity contribution in [2.75, 3.05) is 17.9 Å². The number of halogens is 2. The summed E-state index contributed by atoms with van der Waals surface area (Å²) in [5.74, 6) is -2.73. The van der Waals surface area contributed by atoms with Crippen LogP contribution in [0, 0.1) is 11.6 Å². The number of hydrogen-bond donors (Lipinski definition) is 2. The molecule has 5 rings (SSSR count). The van der Waals surface area contributed by atoms with E-state index in [2.05, 4.69) is 24.4 Å². The molecule has 2 unspecified atom stereocenters. The van der Waals surface area contributed by atoms with Crippen molar-refractivity contribution >= 4 is 37.6 Å². The van der Waals surface area contributed by atoms with E-state index in [0.717, 1.165) is 34.3 Å². The highest BCUT2D eigenvalue weighted by Gasteiger charge is 2.31. The summed E-state index contributed by atoms with van der Waals surface area (Å²) >= 11 is 0.760. The average molecular weight is 506 g/mol. The number of fused-ring (bicyclic) bond motifs is 1. The smallest absolute Gasteiger partial charge is 0.266 e. The van der Waals surface area contributed by atoms with Gasteiger partial charge in [-0.1, -0.05) is 12.1 Å². The van der Waals surface area contributed by atoms with Gasteiger partial charge in [0.25, 0.3) is 10.0 Å². The van der Waals surface area contributed by atoms with Crippen LogP contribution in [0.4, 0.5) is 13.9 Å². The molecule has 0 aliphatic carbocycles. The Morgan fingerprint density at radius 3 is 2.85 bits per heavy atom. The average Bonchev–Trinajstić information content (AvgIpc) is 3.33. The molecular weight excluding hydrogens is 488 g/mol. The summed E-state index contributed by atoms with van der Waals surface area (Å²) < 4.78 is 71.6. The largest absolute Gasteiger partial charge is 0.460 e. The van der Waals surface area contributed by atoms with Gasteiger partial charge in [-0.25, -0.2) is 22.2 Å². The van der Waals surface area contributed by atoms with Crippen LogP contribution in [-0.2, 0) is 14.8 Å². The van der Waals surface area contributed by atoms with Crippen molar-refractivity contribution in [3.05, 3.63) is 72.2 Å². The van der Waals surface area contributed by atoms with Crippen molar-refractivity contribution in [3.8, 4) is 5.75 Å². The maximum Gasteiger partial charge on any atom is 0.266 e. The standard InChI is InChI=1S/C21H17F2N5O4S2/c22-14-10-18(34(29,30)28-21-26-11-27-33-21)15(23)9-17(14)32-20-19(25-6-7-31-20)13-3-4-16-12(8-13)2-1-5-24-16/h1-5,8-11,19-20,25H,6-7H2,(H,26,27,28). The number of hydrogen-bond acceptors (Lipinski definition) is 9. The topological polar surface area (TPSA) is 115 Å². The molecule has 2 aromatic heterocycles. The van der Waals surface area contributed by atoms with Crippen LogP contribution in [0.3, 0.4) is 0 Å². The van der Waals surface area contributed by atoms with E-state index in [1.54, 1.807) is 6.20 Å². The number of nitrogens with zero attached hydrogens (tertiary/aromatic N) is 3. The van der Waals surface area contributed by atoms with Gasteiger partial charge < -0.3 is 14.8 Å². The van der Waals surface area contributed by atoms with Crippen LogP contribution in [-0.4, -0.2) is 42.2 Å². The number of anilines is 1. The van der Waals surface area contributed by atoms with E-state index in [4.69, 9.17) is 9.47 Å². The first kappa shape index (κ1) is 22.5. The Morgan fingerprint density at radius 2 is 2.03 bits per heavy atom. The summed E-state index contributed by atoms with van der Waals surface area (Å²) in [6.07, 6.45) is 1.84. The zero-order valence-corrected chi connectivity index (χ0v) is 18.9. The summed E-state index contributed by atoms with van der Waals surface area (Å²) in [5, 5.41) is 4.09. The summed E-state index contributed by atoms with van der Waals surface area (Å²) in [4.78, 5) is 7.09. The van der Waals surface area contributed by atoms with Crippen molar-refractivity contribution in [1.29, 1.82) is 0 Å². The van der Waals surface area contributed by atoms with E-state index >= 15 is 0 Å². The number of ether oxygens (including phenoxy) is 2. The fraction of sp³-hybridized carbons (Fsp3) is 0.190. The van der Waals surface area contributed by atoms with Crippen molar-refractivity contribution in [3.63, 3.8) is 0 Å². The van der Waals surface area contributed by atoms with Gasteiger partial charge in [0.1, 0.15) is 17.0 Å². The number of pyridine rings is 1. The van der Waals surface area contributed by atoms with Gasteiger partial charge in [-0.2, -0.15) is 4.37 Å². The Kier molecular flexibility index (Phi) is 6.08. The van der Waals surface area contributed by atoms with Crippen LogP contribution in [0.2, 0.25) is 0 Å². The second-order valence-electron chi connectivity index (χ2n) is 7.31. The minimum absolute atomic E-state index is 0.0739. The summed E-state index contributed by atoms with van der Waals surface area (Å²) in [7, 11) is -4.42. The van der Waals surface area contributed by atoms with Gasteiger partial charge in [-0.15, -0.1) is 0 Å². The summed E-state index contributed by atoms with van der Waals surface area (Å²) in [6.45, 7) is 0.819. The molecule has 0 radical (unpaired) electrons. The zero-order chi connectivity index (χ0) is 23.7. The number of nitrogens with one attached hydrogen (secondary N) is 2. The lowest BCUT2D eigenvalue weighted by Crippen LogP contribution is -2.45. The molecule has 0 amide bonds. The van der Waals surface area contributed by atoms with E-state index < -0.39 is 44.6 Å². The van der Waals surface area contributed by atoms with Gasteiger partial charge in [0.15, 0.2) is 11.6 Å². The van der Waals surface area contributed by atoms with Crippen molar-refractivity contribution in [2.45, 2.75) is 17.2 Å². The van der Waals surface area contributed by atoms with Crippen LogP contribution in [0.1, 0.15) is 11.6 Å². The molecule has 176 valence electrons. The van der Waals surface area contributed by atoms with E-state index in [1.807, 2.05) is 30.3 Å². The molecule has 2 N–H and O–H groups in total. The van der Waals surface area contributed by atoms with Gasteiger partial charge >= 0.3 is 0 Å². The molecule has 2 aromatic carbocycles. The number of morpholine rings is 1. The van der Waals surface area contributed by atoms with E-state index in [1.165, 1.54) is 0 Å². The zero-order valence-electron chi connectivity index (χ0n) is 17.3. The van der Waals surface area contributed by atoms with Crippen LogP contribution in [0.5, 0.6) is 5.75 Å². The molecule has 1 fully saturated rings. The molecule has 1 aliphatic rings. The Bertz CT molecular complexity index is 1440. The molecule has 0 bridgehead atoms. The van der Waals surface area contributed by atoms with Crippen molar-refractivity contribution in [2.24, 2.45) is 0 Å². The third-order valence-corrected chi connectivity index (χ3v) is 7.17. The highest BCUT2D eigenvalue weighted by molar-refractivity contribution is 7.93. The SMILES string of the molecule is O=S(=O)(Nc1ncns1)c1cc(F)c(OC2OCCNC2c2ccc3ncccc3c2)cc1F. The highest BCUT2D eigenvalue weighted by atomic mass is 32.2. The maximum absolute atomic E-state index is 14.8. The molecule has 34 heavy (non-hydrogen) atoms. The van der Waals surface area contributed by atoms with Gasteiger partial charge in [0, 0.05) is 41.8 Å². The normalized spacial score (nSPS) is 18.6. The second kappa shape index (κ2) is 9.18. The lowest BCUT2D eigenvalue weighted by atomic mass is 10.0. The molecule has 0 saturated carbocycles. The van der Waals surface area contributed by atoms with Gasteiger partial charge in [0.05, 0.1) is 18.2 Å². The van der Waals surface area contributed by atoms with Crippen LogP contribution < -0.4 is 14.8 Å². The fourth-order valence-corrected chi connectivity index (χ4v) is 5.30. The lowest BCUT2D eigenvalue weighted by molar-refractivity contribution is -0.125. The van der Waals surface area contributed by atoms with E-state index in [0.29, 0.717) is 25.3 Å². The number of sulfonamides is 1. The molecule has 9 nitrogen and oxygen atoms in total. The van der Waals surface area contributed by atoms with Crippen molar-refractivity contribution in [1.82, 2.24) is 19.7 Å². The second-order valence-corrected chi connectivity index (χ2v) is 9.74. The third-order valence-electron chi connectivity index (χ3n) is 5.11. The Labute approximate surface area is 197 Å². The van der Waals surface area contributed by atoms with Crippen LogP contribution in [0.15, 0.2) is 59.9 Å². The molecule has 4 aromatic rings. The van der Waals surface area contributed by atoms with Gasteiger partial charge in [-0.3, -0.25) is 9.71 Å². The molecule has 1 saturated heterocycles. The number of rotatable bonds is 6. The van der Waals surface area contributed by atoms with Gasteiger partial charge in [0.2, 0.25) is 11.4 Å². The van der Waals surface area contributed by atoms with Crippen LogP contribution in [0.25, 0.3) is 10.9 Å². The Morgan fingerprint density at radius 1 is 1.15 bits per heavy atom. The first-order chi connectivity index (χ1) is 16.4. The van der Waals surface area contributed by atoms with Gasteiger partial charge in [-0.05, 0) is 23.8 Å². The molecule has 1 aliphatic heterocycles. The number of aromatic nitrogens is 3. The summed E-state index contributed by atoms with van der Waals surface area (Å²) in [5.41, 5.74) is 1.62. The monoisotopic (exact) mass is 505 g/mol. The lowest BCUT2D eigenvalue weighted by Gasteiger charge is -2.33. The Hall–Kier alpha value is -3.26. The molecule has 0 spiro atoms. The van der Waals surface area contributed by atoms with E-state index in [9.17, 15) is 17.2 Å². The van der Waals surface area contributed by atoms with Crippen molar-refractivity contribution < 1.29 is 26.7 Å². The molecule has 3 heterocycles. The minimum atomic E-state index is -4.42. The molecular formula is C21H17F2N5O4S2. The fourth-order valence-electron chi connectivity index (χ4n) is 3.57. The molecule has 2 atom stereocenters. The Balaban J connectivity index is 1.41. The third kappa shape index (κ3) is 4.55. The highest BCUT2D eigenvalue weighted by Crippen LogP contribution is 2.31. The quantitative estimate of drug-likeness (QED) is 0.411. The first-order valence-electron chi connectivity index (χ1n) is 10.1. The summed E-state index contributed by atoms with van der Waals surface area (Å²) in [6, 6.07) is 10.1. The maximum atomic E-state index is 14.8. The minimum Gasteiger partial charge on any atom is -0.460 e. The predicted molar refractivity (Wildman–Crippen MR) is 120 cm³/mol. The first-order valence-corrected chi connectivity index (χ1v) is 12.3. The van der Waals surface area contributed by atoms with E-state index in [-0.39, 0.29) is 5.13 Å². The number of benzene rings is 2. The molecule has 13 heteroatoms. The predicted octanol–water partition coefficient (Wildman–Crippen LogP) is 3.23.